The molecule has 0 bridgehead atoms. The third-order valence-electron chi connectivity index (χ3n) is 4.95. The first-order valence-electron chi connectivity index (χ1n) is 9.92. The van der Waals surface area contributed by atoms with Crippen molar-refractivity contribution in [2.24, 2.45) is 0 Å². The van der Waals surface area contributed by atoms with Crippen molar-refractivity contribution in [2.45, 2.75) is 30.7 Å². The number of carbonyl (C=O) groups is 1. The standard InChI is InChI=1S/C21H18ClF9N2O3S/c1-37(36)9-17(34)32-8-11-2-3-15(7-16(11)22)33-10-18(35,21(29,30)31)12-4-13(19(23,24)25)6-14(5-12)20(26,27)28/h2-7,33,35H,8-10H2,1H3,(H,32,34)/t18-,37+/m0/s1. The molecular formula is C21H18ClF9N2O3S. The molecule has 5 nitrogen and oxygen atoms in total. The maximum atomic E-state index is 13.8. The Morgan fingerprint density at radius 2 is 1.43 bits per heavy atom. The molecule has 0 aliphatic carbocycles. The summed E-state index contributed by atoms with van der Waals surface area (Å²) >= 11 is 6.03. The average Bonchev–Trinajstić information content (AvgIpc) is 2.74. The fourth-order valence-corrected chi connectivity index (χ4v) is 3.74. The second-order valence-electron chi connectivity index (χ2n) is 7.81. The monoisotopic (exact) mass is 584 g/mol. The number of amides is 1. The second-order valence-corrected chi connectivity index (χ2v) is 9.65. The largest absolute Gasteiger partial charge is 0.423 e. The van der Waals surface area contributed by atoms with Gasteiger partial charge in [0.2, 0.25) is 11.5 Å². The van der Waals surface area contributed by atoms with Crippen LogP contribution in [0.4, 0.5) is 45.2 Å². The third-order valence-corrected chi connectivity index (χ3v) is 5.97. The Bertz CT molecular complexity index is 1140. The zero-order chi connectivity index (χ0) is 28.4. The summed E-state index contributed by atoms with van der Waals surface area (Å²) in [7, 11) is -1.41. The van der Waals surface area contributed by atoms with E-state index in [2.05, 4.69) is 10.6 Å². The molecule has 0 aliphatic heterocycles. The van der Waals surface area contributed by atoms with Crippen LogP contribution in [0.15, 0.2) is 36.4 Å². The van der Waals surface area contributed by atoms with Crippen molar-refractivity contribution < 1.29 is 53.6 Å². The summed E-state index contributed by atoms with van der Waals surface area (Å²) in [6, 6.07) is 2.75. The van der Waals surface area contributed by atoms with E-state index >= 15 is 0 Å². The number of hydrogen-bond donors (Lipinski definition) is 3. The molecule has 0 spiro atoms. The molecule has 16 heteroatoms. The molecule has 2 atom stereocenters. The highest BCUT2D eigenvalue weighted by Gasteiger charge is 2.56. The van der Waals surface area contributed by atoms with Crippen LogP contribution >= 0.6 is 11.6 Å². The highest BCUT2D eigenvalue weighted by Crippen LogP contribution is 2.44. The van der Waals surface area contributed by atoms with Crippen LogP contribution in [0.25, 0.3) is 0 Å². The summed E-state index contributed by atoms with van der Waals surface area (Å²) in [5.41, 5.74) is -9.76. The quantitative estimate of drug-likeness (QED) is 0.371. The highest BCUT2D eigenvalue weighted by atomic mass is 35.5. The number of halogens is 10. The number of hydrogen-bond acceptors (Lipinski definition) is 4. The van der Waals surface area contributed by atoms with E-state index in [4.69, 9.17) is 11.6 Å². The van der Waals surface area contributed by atoms with Gasteiger partial charge < -0.3 is 15.7 Å². The van der Waals surface area contributed by atoms with Gasteiger partial charge in [-0.05, 0) is 41.5 Å². The van der Waals surface area contributed by atoms with Crippen LogP contribution in [-0.4, -0.2) is 40.0 Å². The Morgan fingerprint density at radius 1 is 0.919 bits per heavy atom. The molecule has 2 rings (SSSR count). The summed E-state index contributed by atoms with van der Waals surface area (Å²) in [5, 5.41) is 14.8. The van der Waals surface area contributed by atoms with Crippen LogP contribution < -0.4 is 10.6 Å². The minimum atomic E-state index is -5.69. The van der Waals surface area contributed by atoms with Crippen molar-refractivity contribution in [3.05, 3.63) is 63.7 Å². The number of aliphatic hydroxyl groups is 1. The topological polar surface area (TPSA) is 78.4 Å². The summed E-state index contributed by atoms with van der Waals surface area (Å²) in [6.07, 6.45) is -15.2. The van der Waals surface area contributed by atoms with E-state index < -0.39 is 64.1 Å². The minimum absolute atomic E-state index is 0.0723. The predicted octanol–water partition coefficient (Wildman–Crippen LogP) is 5.23. The first-order chi connectivity index (χ1) is 16.7. The Labute approximate surface area is 211 Å². The highest BCUT2D eigenvalue weighted by molar-refractivity contribution is 7.85. The summed E-state index contributed by atoms with van der Waals surface area (Å²) in [5.74, 6) is -0.840. The summed E-state index contributed by atoms with van der Waals surface area (Å²) in [6.45, 7) is -1.70. The number of benzene rings is 2. The summed E-state index contributed by atoms with van der Waals surface area (Å²) < 4.78 is 131. The van der Waals surface area contributed by atoms with Crippen molar-refractivity contribution in [3.8, 4) is 0 Å². The van der Waals surface area contributed by atoms with Gasteiger partial charge in [0.05, 0.1) is 17.7 Å². The maximum Gasteiger partial charge on any atom is 0.423 e. The normalized spacial score (nSPS) is 15.1. The lowest BCUT2D eigenvalue weighted by Gasteiger charge is -2.32. The number of anilines is 1. The lowest BCUT2D eigenvalue weighted by Crippen LogP contribution is -2.48. The Hall–Kier alpha value is -2.52. The van der Waals surface area contributed by atoms with E-state index in [0.29, 0.717) is 5.56 Å². The minimum Gasteiger partial charge on any atom is -0.381 e. The fraction of sp³-hybridized carbons (Fsp3) is 0.381. The van der Waals surface area contributed by atoms with E-state index in [0.717, 1.165) is 12.1 Å². The van der Waals surface area contributed by atoms with Crippen LogP contribution in [0, 0.1) is 0 Å². The first kappa shape index (κ1) is 30.7. The van der Waals surface area contributed by atoms with Gasteiger partial charge in [-0.15, -0.1) is 0 Å². The Kier molecular flexibility index (Phi) is 9.19. The van der Waals surface area contributed by atoms with Crippen LogP contribution in [0.2, 0.25) is 5.02 Å². The number of carbonyl (C=O) groups excluding carboxylic acids is 1. The molecule has 0 heterocycles. The molecule has 2 aromatic rings. The molecule has 0 saturated carbocycles. The number of nitrogens with one attached hydrogen (secondary N) is 2. The molecule has 0 radical (unpaired) electrons. The van der Waals surface area contributed by atoms with Gasteiger partial charge >= 0.3 is 18.5 Å². The van der Waals surface area contributed by atoms with Crippen LogP contribution in [0.3, 0.4) is 0 Å². The number of rotatable bonds is 8. The van der Waals surface area contributed by atoms with E-state index in [1.807, 2.05) is 0 Å². The molecule has 1 amide bonds. The van der Waals surface area contributed by atoms with Crippen LogP contribution in [0.1, 0.15) is 22.3 Å². The number of alkyl halides is 9. The van der Waals surface area contributed by atoms with Gasteiger partial charge in [-0.2, -0.15) is 39.5 Å². The van der Waals surface area contributed by atoms with Crippen molar-refractivity contribution in [2.75, 3.05) is 23.9 Å². The summed E-state index contributed by atoms with van der Waals surface area (Å²) in [4.78, 5) is 11.6. The van der Waals surface area contributed by atoms with Crippen molar-refractivity contribution in [1.29, 1.82) is 0 Å². The molecule has 0 aromatic heterocycles. The maximum absolute atomic E-state index is 13.8. The van der Waals surface area contributed by atoms with Gasteiger partial charge in [0.1, 0.15) is 5.75 Å². The fourth-order valence-electron chi connectivity index (χ4n) is 3.02. The van der Waals surface area contributed by atoms with Crippen molar-refractivity contribution >= 4 is 34.0 Å². The molecule has 2 aromatic carbocycles. The van der Waals surface area contributed by atoms with Crippen LogP contribution in [-0.2, 0) is 40.1 Å². The lowest BCUT2D eigenvalue weighted by molar-refractivity contribution is -0.261. The lowest BCUT2D eigenvalue weighted by atomic mass is 9.89. The smallest absolute Gasteiger partial charge is 0.381 e. The molecule has 0 unspecified atom stereocenters. The molecule has 0 fully saturated rings. The van der Waals surface area contributed by atoms with Gasteiger partial charge in [-0.3, -0.25) is 9.00 Å². The van der Waals surface area contributed by atoms with Gasteiger partial charge in [0, 0.05) is 34.3 Å². The zero-order valence-corrected chi connectivity index (χ0v) is 20.1. The molecule has 206 valence electrons. The zero-order valence-electron chi connectivity index (χ0n) is 18.5. The second kappa shape index (κ2) is 11.1. The molecule has 37 heavy (non-hydrogen) atoms. The van der Waals surface area contributed by atoms with Gasteiger partial charge in [0.15, 0.2) is 0 Å². The Balaban J connectivity index is 2.36. The molecule has 0 aliphatic rings. The van der Waals surface area contributed by atoms with E-state index in [-0.39, 0.29) is 41.2 Å². The third kappa shape index (κ3) is 7.98. The van der Waals surface area contributed by atoms with E-state index in [1.165, 1.54) is 12.3 Å². The molecular weight excluding hydrogens is 567 g/mol. The Morgan fingerprint density at radius 3 is 1.86 bits per heavy atom. The first-order valence-corrected chi connectivity index (χ1v) is 12.0. The van der Waals surface area contributed by atoms with Crippen LogP contribution in [0.5, 0.6) is 0 Å². The van der Waals surface area contributed by atoms with Crippen molar-refractivity contribution in [3.63, 3.8) is 0 Å². The molecule has 0 saturated heterocycles. The van der Waals surface area contributed by atoms with E-state index in [9.17, 15) is 53.6 Å². The van der Waals surface area contributed by atoms with Crippen molar-refractivity contribution in [1.82, 2.24) is 5.32 Å². The molecule has 3 N–H and O–H groups in total. The van der Waals surface area contributed by atoms with Gasteiger partial charge in [-0.1, -0.05) is 17.7 Å². The van der Waals surface area contributed by atoms with E-state index in [1.54, 1.807) is 0 Å². The predicted molar refractivity (Wildman–Crippen MR) is 117 cm³/mol. The average molecular weight is 585 g/mol. The SMILES string of the molecule is C[S@@](=O)CC(=O)NCc1ccc(NC[C@](O)(c2cc(C(F)(F)F)cc(C(F)(F)F)c2)C(F)(F)F)cc1Cl. The van der Waals surface area contributed by atoms with Gasteiger partial charge in [0.25, 0.3) is 0 Å². The van der Waals surface area contributed by atoms with Gasteiger partial charge in [-0.25, -0.2) is 0 Å².